The van der Waals surface area contributed by atoms with Crippen molar-refractivity contribution in [2.75, 3.05) is 20.3 Å². The summed E-state index contributed by atoms with van der Waals surface area (Å²) in [4.78, 5) is 6.67. The van der Waals surface area contributed by atoms with Crippen molar-refractivity contribution in [3.05, 3.63) is 30.1 Å². The third kappa shape index (κ3) is 2.28. The van der Waals surface area contributed by atoms with Crippen LogP contribution in [0.5, 0.6) is 0 Å². The Bertz CT molecular complexity index is 385. The number of ether oxygens (including phenoxy) is 2. The fourth-order valence-electron chi connectivity index (χ4n) is 3.20. The Labute approximate surface area is 108 Å². The summed E-state index contributed by atoms with van der Waals surface area (Å²) in [7, 11) is 1.80. The van der Waals surface area contributed by atoms with Gasteiger partial charge in [-0.1, -0.05) is 6.07 Å². The van der Waals surface area contributed by atoms with E-state index in [0.717, 1.165) is 26.1 Å². The summed E-state index contributed by atoms with van der Waals surface area (Å²) in [6.45, 7) is 2.73. The summed E-state index contributed by atoms with van der Waals surface area (Å²) in [5.41, 5.74) is 1.26. The van der Waals surface area contributed by atoms with E-state index < -0.39 is 0 Å². The molecule has 2 bridgehead atoms. The molecule has 1 aromatic rings. The van der Waals surface area contributed by atoms with Crippen LogP contribution in [0.25, 0.3) is 0 Å². The molecule has 18 heavy (non-hydrogen) atoms. The maximum Gasteiger partial charge on any atom is 0.0987 e. The maximum atomic E-state index is 5.88. The Morgan fingerprint density at radius 2 is 2.44 bits per heavy atom. The number of nitrogens with zero attached hydrogens (tertiary/aromatic N) is 2. The van der Waals surface area contributed by atoms with E-state index >= 15 is 0 Å². The van der Waals surface area contributed by atoms with Crippen LogP contribution < -0.4 is 0 Å². The van der Waals surface area contributed by atoms with Crippen molar-refractivity contribution in [2.45, 2.75) is 37.6 Å². The highest BCUT2D eigenvalue weighted by atomic mass is 16.5. The van der Waals surface area contributed by atoms with E-state index in [1.807, 2.05) is 18.5 Å². The predicted molar refractivity (Wildman–Crippen MR) is 68.2 cm³/mol. The maximum absolute atomic E-state index is 5.88. The van der Waals surface area contributed by atoms with Crippen LogP contribution in [0.4, 0.5) is 0 Å². The van der Waals surface area contributed by atoms with E-state index in [9.17, 15) is 0 Å². The number of hydrogen-bond acceptors (Lipinski definition) is 4. The molecule has 98 valence electrons. The second-order valence-corrected chi connectivity index (χ2v) is 5.09. The minimum Gasteiger partial charge on any atom is -0.377 e. The molecule has 2 heterocycles. The topological polar surface area (TPSA) is 34.6 Å². The van der Waals surface area contributed by atoms with Gasteiger partial charge in [0.1, 0.15) is 0 Å². The normalized spacial score (nSPS) is 32.4. The number of pyridine rings is 1. The van der Waals surface area contributed by atoms with Crippen molar-refractivity contribution >= 4 is 0 Å². The number of fused-ring (bicyclic) bond motifs is 2. The standard InChI is InChI=1S/C14H20N2O2/c1-17-14-12-4-5-13(14)18-8-7-16(12)10-11-3-2-6-15-9-11/h2-3,6,9,12-14H,4-5,7-8,10H2,1H3/t12-,13-,14-/m1/s1. The highest BCUT2D eigenvalue weighted by molar-refractivity contribution is 5.09. The SMILES string of the molecule is CO[C@@H]1[C@H]2CC[C@H]1OCCN2Cc1cccnc1. The van der Waals surface area contributed by atoms with Crippen LogP contribution in [-0.2, 0) is 16.0 Å². The molecule has 1 saturated carbocycles. The minimum absolute atomic E-state index is 0.226. The second-order valence-electron chi connectivity index (χ2n) is 5.09. The fourth-order valence-corrected chi connectivity index (χ4v) is 3.20. The van der Waals surface area contributed by atoms with Crippen LogP contribution in [0.1, 0.15) is 18.4 Å². The van der Waals surface area contributed by atoms with Gasteiger partial charge in [0.15, 0.2) is 0 Å². The number of methoxy groups -OCH3 is 1. The molecule has 2 fully saturated rings. The summed E-state index contributed by atoms with van der Waals surface area (Å²) in [6.07, 6.45) is 6.57. The molecule has 0 amide bonds. The zero-order valence-corrected chi connectivity index (χ0v) is 10.8. The summed E-state index contributed by atoms with van der Waals surface area (Å²) in [5, 5.41) is 0. The zero-order chi connectivity index (χ0) is 12.4. The Hall–Kier alpha value is -0.970. The number of aromatic nitrogens is 1. The predicted octanol–water partition coefficient (Wildman–Crippen LogP) is 1.46. The first-order valence-electron chi connectivity index (χ1n) is 6.66. The minimum atomic E-state index is 0.226. The molecule has 3 atom stereocenters. The van der Waals surface area contributed by atoms with Gasteiger partial charge in [0, 0.05) is 38.6 Å². The van der Waals surface area contributed by atoms with Gasteiger partial charge < -0.3 is 9.47 Å². The monoisotopic (exact) mass is 248 g/mol. The van der Waals surface area contributed by atoms with Crippen molar-refractivity contribution in [3.63, 3.8) is 0 Å². The van der Waals surface area contributed by atoms with Crippen LogP contribution in [0.15, 0.2) is 24.5 Å². The summed E-state index contributed by atoms with van der Waals surface area (Å²) in [6, 6.07) is 4.62. The van der Waals surface area contributed by atoms with E-state index in [4.69, 9.17) is 9.47 Å². The molecule has 0 unspecified atom stereocenters. The van der Waals surface area contributed by atoms with Crippen LogP contribution in [0.3, 0.4) is 0 Å². The molecule has 1 saturated heterocycles. The lowest BCUT2D eigenvalue weighted by Gasteiger charge is -2.30. The van der Waals surface area contributed by atoms with Crippen LogP contribution in [-0.4, -0.2) is 48.4 Å². The van der Waals surface area contributed by atoms with E-state index in [2.05, 4.69) is 16.0 Å². The van der Waals surface area contributed by atoms with Gasteiger partial charge in [0.25, 0.3) is 0 Å². The lowest BCUT2D eigenvalue weighted by atomic mass is 10.1. The number of hydrogen-bond donors (Lipinski definition) is 0. The van der Waals surface area contributed by atoms with E-state index in [0.29, 0.717) is 12.1 Å². The van der Waals surface area contributed by atoms with E-state index in [1.54, 1.807) is 7.11 Å². The van der Waals surface area contributed by atoms with Gasteiger partial charge in [0.2, 0.25) is 0 Å². The Balaban J connectivity index is 1.75. The van der Waals surface area contributed by atoms with Crippen molar-refractivity contribution in [3.8, 4) is 0 Å². The fraction of sp³-hybridized carbons (Fsp3) is 0.643. The molecule has 2 aliphatic rings. The Morgan fingerprint density at radius 1 is 1.50 bits per heavy atom. The van der Waals surface area contributed by atoms with Gasteiger partial charge in [-0.3, -0.25) is 9.88 Å². The molecule has 0 spiro atoms. The van der Waals surface area contributed by atoms with E-state index in [-0.39, 0.29) is 6.10 Å². The van der Waals surface area contributed by atoms with E-state index in [1.165, 1.54) is 12.0 Å². The van der Waals surface area contributed by atoms with Gasteiger partial charge in [-0.15, -0.1) is 0 Å². The quantitative estimate of drug-likeness (QED) is 0.811. The molecule has 0 radical (unpaired) electrons. The van der Waals surface area contributed by atoms with Gasteiger partial charge in [-0.2, -0.15) is 0 Å². The molecule has 4 heteroatoms. The van der Waals surface area contributed by atoms with Crippen molar-refractivity contribution in [1.29, 1.82) is 0 Å². The second kappa shape index (κ2) is 5.34. The highest BCUT2D eigenvalue weighted by Crippen LogP contribution is 2.32. The average molecular weight is 248 g/mol. The largest absolute Gasteiger partial charge is 0.377 e. The van der Waals surface area contributed by atoms with Gasteiger partial charge in [0.05, 0.1) is 18.8 Å². The van der Waals surface area contributed by atoms with Crippen LogP contribution >= 0.6 is 0 Å². The van der Waals surface area contributed by atoms with Crippen molar-refractivity contribution in [2.24, 2.45) is 0 Å². The van der Waals surface area contributed by atoms with Crippen molar-refractivity contribution in [1.82, 2.24) is 9.88 Å². The Morgan fingerprint density at radius 3 is 3.22 bits per heavy atom. The first-order valence-corrected chi connectivity index (χ1v) is 6.66. The molecular formula is C14H20N2O2. The average Bonchev–Trinajstić information content (AvgIpc) is 2.72. The summed E-state index contributed by atoms with van der Waals surface area (Å²) < 4.78 is 11.5. The molecule has 3 rings (SSSR count). The highest BCUT2D eigenvalue weighted by Gasteiger charge is 2.42. The lowest BCUT2D eigenvalue weighted by Crippen LogP contribution is -2.42. The van der Waals surface area contributed by atoms with Crippen molar-refractivity contribution < 1.29 is 9.47 Å². The van der Waals surface area contributed by atoms with Crippen LogP contribution in [0, 0.1) is 0 Å². The van der Waals surface area contributed by atoms with Gasteiger partial charge in [-0.25, -0.2) is 0 Å². The third-order valence-corrected chi connectivity index (χ3v) is 4.05. The first-order chi connectivity index (χ1) is 8.88. The first kappa shape index (κ1) is 12.1. The Kier molecular flexibility index (Phi) is 3.59. The molecule has 1 aromatic heterocycles. The molecule has 1 aliphatic heterocycles. The molecular weight excluding hydrogens is 228 g/mol. The third-order valence-electron chi connectivity index (χ3n) is 4.05. The van der Waals surface area contributed by atoms with Gasteiger partial charge >= 0.3 is 0 Å². The lowest BCUT2D eigenvalue weighted by molar-refractivity contribution is -0.0326. The molecule has 4 nitrogen and oxygen atoms in total. The smallest absolute Gasteiger partial charge is 0.0987 e. The zero-order valence-electron chi connectivity index (χ0n) is 10.8. The molecule has 0 N–H and O–H groups in total. The van der Waals surface area contributed by atoms with Crippen LogP contribution in [0.2, 0.25) is 0 Å². The molecule has 1 aliphatic carbocycles. The van der Waals surface area contributed by atoms with Gasteiger partial charge in [-0.05, 0) is 24.5 Å². The molecule has 0 aromatic carbocycles. The number of rotatable bonds is 3. The summed E-state index contributed by atoms with van der Waals surface area (Å²) >= 11 is 0. The summed E-state index contributed by atoms with van der Waals surface area (Å²) in [5.74, 6) is 0.